The number of benzene rings is 1. The molecule has 1 aliphatic rings. The van der Waals surface area contributed by atoms with Crippen LogP contribution in [0.1, 0.15) is 70.5 Å². The van der Waals surface area contributed by atoms with Gasteiger partial charge in [0.05, 0.1) is 12.0 Å². The van der Waals surface area contributed by atoms with Crippen LogP contribution >= 0.6 is 0 Å². The van der Waals surface area contributed by atoms with E-state index < -0.39 is 0 Å². The number of carbonyl (C=O) groups excluding carboxylic acids is 2. The second-order valence-electron chi connectivity index (χ2n) is 8.00. The lowest BCUT2D eigenvalue weighted by molar-refractivity contribution is -0.135. The zero-order chi connectivity index (χ0) is 19.1. The third kappa shape index (κ3) is 5.86. The number of carbonyl (C=O) groups is 2. The van der Waals surface area contributed by atoms with Crippen molar-refractivity contribution >= 4 is 11.8 Å². The van der Waals surface area contributed by atoms with Crippen molar-refractivity contribution in [3.63, 3.8) is 0 Å². The summed E-state index contributed by atoms with van der Waals surface area (Å²) in [5.41, 5.74) is 2.46. The van der Waals surface area contributed by atoms with Crippen molar-refractivity contribution in [2.75, 3.05) is 13.1 Å². The quantitative estimate of drug-likeness (QED) is 0.798. The molecule has 1 saturated heterocycles. The maximum absolute atomic E-state index is 12.7. The van der Waals surface area contributed by atoms with Crippen LogP contribution in [0.2, 0.25) is 0 Å². The molecule has 0 saturated carbocycles. The van der Waals surface area contributed by atoms with E-state index in [2.05, 4.69) is 43.4 Å². The predicted molar refractivity (Wildman–Crippen MR) is 106 cm³/mol. The Bertz CT molecular complexity index is 595. The van der Waals surface area contributed by atoms with Crippen molar-refractivity contribution in [1.29, 1.82) is 0 Å². The van der Waals surface area contributed by atoms with Gasteiger partial charge in [-0.05, 0) is 49.7 Å². The number of rotatable bonds is 7. The molecule has 4 heteroatoms. The summed E-state index contributed by atoms with van der Waals surface area (Å²) in [7, 11) is 0. The summed E-state index contributed by atoms with van der Waals surface area (Å²) < 4.78 is 0. The fourth-order valence-electron chi connectivity index (χ4n) is 3.62. The minimum Gasteiger partial charge on any atom is -0.349 e. The Morgan fingerprint density at radius 3 is 2.50 bits per heavy atom. The van der Waals surface area contributed by atoms with Crippen LogP contribution in [0.5, 0.6) is 0 Å². The Balaban J connectivity index is 1.90. The van der Waals surface area contributed by atoms with Gasteiger partial charge in [-0.25, -0.2) is 0 Å². The van der Waals surface area contributed by atoms with Gasteiger partial charge in [-0.1, -0.05) is 45.0 Å². The van der Waals surface area contributed by atoms with Crippen molar-refractivity contribution in [3.8, 4) is 0 Å². The lowest BCUT2D eigenvalue weighted by atomic mass is 9.95. The number of hydrogen-bond acceptors (Lipinski definition) is 2. The van der Waals surface area contributed by atoms with Crippen molar-refractivity contribution in [1.82, 2.24) is 10.2 Å². The van der Waals surface area contributed by atoms with E-state index in [1.54, 1.807) is 0 Å². The van der Waals surface area contributed by atoms with Gasteiger partial charge in [0.2, 0.25) is 11.8 Å². The molecule has 4 nitrogen and oxygen atoms in total. The molecule has 1 heterocycles. The fraction of sp³-hybridized carbons (Fsp3) is 0.636. The molecule has 0 aromatic heterocycles. The zero-order valence-corrected chi connectivity index (χ0v) is 16.8. The second-order valence-corrected chi connectivity index (χ2v) is 8.00. The van der Waals surface area contributed by atoms with Crippen molar-refractivity contribution in [2.45, 2.75) is 65.8 Å². The molecule has 1 aromatic carbocycles. The van der Waals surface area contributed by atoms with Crippen LogP contribution in [0.25, 0.3) is 0 Å². The molecule has 1 aromatic rings. The standard InChI is InChI=1S/C22H34N2O2/c1-5-7-21(25)24-13-6-8-20(15-24)22(26)23-17(4)19-11-9-18(10-12-19)14-16(2)3/h9-12,16-17,20H,5-8,13-15H2,1-4H3,(H,23,26). The predicted octanol–water partition coefficient (Wildman–Crippen LogP) is 4.10. The monoisotopic (exact) mass is 358 g/mol. The van der Waals surface area contributed by atoms with E-state index >= 15 is 0 Å². The second kappa shape index (κ2) is 9.75. The fourth-order valence-corrected chi connectivity index (χ4v) is 3.62. The number of likely N-dealkylation sites (tertiary alicyclic amines) is 1. The van der Waals surface area contributed by atoms with Crippen LogP contribution in [-0.4, -0.2) is 29.8 Å². The molecule has 0 spiro atoms. The van der Waals surface area contributed by atoms with Crippen molar-refractivity contribution < 1.29 is 9.59 Å². The number of nitrogens with one attached hydrogen (secondary N) is 1. The molecule has 0 bridgehead atoms. The molecule has 2 rings (SSSR count). The first-order valence-corrected chi connectivity index (χ1v) is 10.1. The Labute approximate surface area is 158 Å². The van der Waals surface area contributed by atoms with Crippen LogP contribution in [0.4, 0.5) is 0 Å². The van der Waals surface area contributed by atoms with E-state index in [1.165, 1.54) is 5.56 Å². The SMILES string of the molecule is CCCC(=O)N1CCCC(C(=O)NC(C)c2ccc(CC(C)C)cc2)C1. The van der Waals surface area contributed by atoms with Crippen LogP contribution < -0.4 is 5.32 Å². The highest BCUT2D eigenvalue weighted by molar-refractivity contribution is 5.81. The number of amides is 2. The first-order valence-electron chi connectivity index (χ1n) is 10.1. The van der Waals surface area contributed by atoms with Gasteiger partial charge in [0.15, 0.2) is 0 Å². The van der Waals surface area contributed by atoms with Gasteiger partial charge in [-0.2, -0.15) is 0 Å². The molecular formula is C22H34N2O2. The maximum Gasteiger partial charge on any atom is 0.225 e. The van der Waals surface area contributed by atoms with E-state index in [-0.39, 0.29) is 23.8 Å². The largest absolute Gasteiger partial charge is 0.349 e. The highest BCUT2D eigenvalue weighted by Crippen LogP contribution is 2.20. The molecule has 0 aliphatic carbocycles. The number of piperidine rings is 1. The molecule has 144 valence electrons. The van der Waals surface area contributed by atoms with Crippen LogP contribution in [-0.2, 0) is 16.0 Å². The number of nitrogens with zero attached hydrogens (tertiary/aromatic N) is 1. The minimum atomic E-state index is -0.0905. The summed E-state index contributed by atoms with van der Waals surface area (Å²) >= 11 is 0. The first kappa shape index (κ1) is 20.5. The average Bonchev–Trinajstić information content (AvgIpc) is 2.62. The Morgan fingerprint density at radius 1 is 1.19 bits per heavy atom. The molecular weight excluding hydrogens is 324 g/mol. The van der Waals surface area contributed by atoms with Gasteiger partial charge in [-0.3, -0.25) is 9.59 Å². The highest BCUT2D eigenvalue weighted by Gasteiger charge is 2.28. The minimum absolute atomic E-state index is 0.0164. The van der Waals surface area contributed by atoms with Crippen molar-refractivity contribution in [2.24, 2.45) is 11.8 Å². The van der Waals surface area contributed by atoms with E-state index in [0.29, 0.717) is 18.9 Å². The number of hydrogen-bond donors (Lipinski definition) is 1. The molecule has 2 unspecified atom stereocenters. The molecule has 2 atom stereocenters. The van der Waals surface area contributed by atoms with Gasteiger partial charge in [0, 0.05) is 19.5 Å². The first-order chi connectivity index (χ1) is 12.4. The summed E-state index contributed by atoms with van der Waals surface area (Å²) in [5.74, 6) is 0.798. The van der Waals surface area contributed by atoms with Crippen molar-refractivity contribution in [3.05, 3.63) is 35.4 Å². The summed E-state index contributed by atoms with van der Waals surface area (Å²) in [5, 5.41) is 3.14. The molecule has 1 aliphatic heterocycles. The van der Waals surface area contributed by atoms with Gasteiger partial charge in [0.1, 0.15) is 0 Å². The van der Waals surface area contributed by atoms with Crippen LogP contribution in [0, 0.1) is 11.8 Å². The summed E-state index contributed by atoms with van der Waals surface area (Å²) in [6, 6.07) is 8.52. The molecule has 1 N–H and O–H groups in total. The highest BCUT2D eigenvalue weighted by atomic mass is 16.2. The van der Waals surface area contributed by atoms with E-state index in [1.807, 2.05) is 18.7 Å². The van der Waals surface area contributed by atoms with Gasteiger partial charge >= 0.3 is 0 Å². The zero-order valence-electron chi connectivity index (χ0n) is 16.8. The molecule has 26 heavy (non-hydrogen) atoms. The maximum atomic E-state index is 12.7. The average molecular weight is 359 g/mol. The van der Waals surface area contributed by atoms with Crippen LogP contribution in [0.15, 0.2) is 24.3 Å². The Kier molecular flexibility index (Phi) is 7.67. The summed E-state index contributed by atoms with van der Waals surface area (Å²) in [4.78, 5) is 26.6. The van der Waals surface area contributed by atoms with Crippen LogP contribution in [0.3, 0.4) is 0 Å². The molecule has 2 amide bonds. The van der Waals surface area contributed by atoms with E-state index in [0.717, 1.165) is 37.8 Å². The third-order valence-corrected chi connectivity index (χ3v) is 5.09. The lowest BCUT2D eigenvalue weighted by Gasteiger charge is -2.32. The van der Waals surface area contributed by atoms with Gasteiger partial charge in [0.25, 0.3) is 0 Å². The topological polar surface area (TPSA) is 49.4 Å². The third-order valence-electron chi connectivity index (χ3n) is 5.09. The summed E-state index contributed by atoms with van der Waals surface area (Å²) in [6.07, 6.45) is 4.28. The van der Waals surface area contributed by atoms with Gasteiger partial charge < -0.3 is 10.2 Å². The Morgan fingerprint density at radius 2 is 1.88 bits per heavy atom. The smallest absolute Gasteiger partial charge is 0.225 e. The Hall–Kier alpha value is -1.84. The lowest BCUT2D eigenvalue weighted by Crippen LogP contribution is -2.45. The summed E-state index contributed by atoms with van der Waals surface area (Å²) in [6.45, 7) is 9.82. The molecule has 0 radical (unpaired) electrons. The van der Waals surface area contributed by atoms with Gasteiger partial charge in [-0.15, -0.1) is 0 Å². The normalized spacial score (nSPS) is 18.7. The van der Waals surface area contributed by atoms with E-state index in [9.17, 15) is 9.59 Å². The van der Waals surface area contributed by atoms with E-state index in [4.69, 9.17) is 0 Å². The molecule has 1 fully saturated rings.